The van der Waals surface area contributed by atoms with E-state index in [9.17, 15) is 0 Å². The zero-order valence-corrected chi connectivity index (χ0v) is 21.1. The van der Waals surface area contributed by atoms with Crippen molar-refractivity contribution in [1.29, 1.82) is 0 Å². The van der Waals surface area contributed by atoms with Crippen LogP contribution in [0.15, 0.2) is 60.7 Å². The van der Waals surface area contributed by atoms with Gasteiger partial charge in [0.25, 0.3) is 0 Å². The van der Waals surface area contributed by atoms with Crippen molar-refractivity contribution < 1.29 is 0 Å². The Morgan fingerprint density at radius 1 is 0.515 bits per heavy atom. The van der Waals surface area contributed by atoms with Crippen molar-refractivity contribution in [3.05, 3.63) is 71.8 Å². The van der Waals surface area contributed by atoms with E-state index in [2.05, 4.69) is 74.5 Å². The van der Waals surface area contributed by atoms with E-state index in [0.717, 1.165) is 0 Å². The standard InChI is InChI=1S/C32H36S/c1-3-5-7-9-15-23-21-29-31(27-19-13-11-17-25(23)27)32-28-20-14-12-18-26(28)24(22-30(32)33-29)16-10-8-6-4-2/h11-14,17-22H,3-10,15-16H2,1-2H3. The summed E-state index contributed by atoms with van der Waals surface area (Å²) in [7, 11) is 0. The van der Waals surface area contributed by atoms with Crippen LogP contribution in [0, 0.1) is 0 Å². The van der Waals surface area contributed by atoms with E-state index in [-0.39, 0.29) is 0 Å². The fourth-order valence-electron chi connectivity index (χ4n) is 5.54. The average Bonchev–Trinajstić information content (AvgIpc) is 3.23. The normalized spacial score (nSPS) is 11.9. The van der Waals surface area contributed by atoms with Crippen molar-refractivity contribution in [3.8, 4) is 0 Å². The lowest BCUT2D eigenvalue weighted by Gasteiger charge is -2.11. The lowest BCUT2D eigenvalue weighted by atomic mass is 9.92. The monoisotopic (exact) mass is 452 g/mol. The molecule has 0 saturated carbocycles. The van der Waals surface area contributed by atoms with Gasteiger partial charge in [0.1, 0.15) is 0 Å². The maximum Gasteiger partial charge on any atom is 0.0364 e. The second-order valence-electron chi connectivity index (χ2n) is 9.63. The summed E-state index contributed by atoms with van der Waals surface area (Å²) in [4.78, 5) is 0. The van der Waals surface area contributed by atoms with E-state index in [4.69, 9.17) is 0 Å². The second kappa shape index (κ2) is 10.3. The summed E-state index contributed by atoms with van der Waals surface area (Å²) in [6, 6.07) is 23.3. The summed E-state index contributed by atoms with van der Waals surface area (Å²) >= 11 is 2.01. The number of hydrogen-bond acceptors (Lipinski definition) is 1. The van der Waals surface area contributed by atoms with Crippen LogP contribution in [0.2, 0.25) is 0 Å². The van der Waals surface area contributed by atoms with Crippen LogP contribution in [-0.2, 0) is 12.8 Å². The minimum atomic E-state index is 1.19. The zero-order chi connectivity index (χ0) is 22.6. The zero-order valence-electron chi connectivity index (χ0n) is 20.3. The van der Waals surface area contributed by atoms with Gasteiger partial charge in [-0.1, -0.05) is 101 Å². The van der Waals surface area contributed by atoms with Crippen molar-refractivity contribution in [3.63, 3.8) is 0 Å². The number of thiophene rings is 1. The molecule has 1 aromatic heterocycles. The highest BCUT2D eigenvalue weighted by Gasteiger charge is 2.16. The molecule has 0 unspecified atom stereocenters. The minimum Gasteiger partial charge on any atom is -0.135 e. The van der Waals surface area contributed by atoms with E-state index >= 15 is 0 Å². The van der Waals surface area contributed by atoms with Gasteiger partial charge >= 0.3 is 0 Å². The Labute approximate surface area is 202 Å². The summed E-state index contributed by atoms with van der Waals surface area (Å²) in [5.41, 5.74) is 3.06. The van der Waals surface area contributed by atoms with Crippen LogP contribution >= 0.6 is 11.3 Å². The molecule has 0 radical (unpaired) electrons. The first-order chi connectivity index (χ1) is 16.3. The largest absolute Gasteiger partial charge is 0.135 e. The summed E-state index contributed by atoms with van der Waals surface area (Å²) in [6.45, 7) is 4.59. The maximum absolute atomic E-state index is 2.52. The fourth-order valence-corrected chi connectivity index (χ4v) is 6.80. The number of fused-ring (bicyclic) bond motifs is 7. The topological polar surface area (TPSA) is 0 Å². The number of unbranched alkanes of at least 4 members (excludes halogenated alkanes) is 6. The summed E-state index contributed by atoms with van der Waals surface area (Å²) in [5.74, 6) is 0. The van der Waals surface area contributed by atoms with Crippen molar-refractivity contribution in [2.24, 2.45) is 0 Å². The molecule has 0 atom stereocenters. The molecule has 4 aromatic carbocycles. The molecule has 0 aliphatic carbocycles. The van der Waals surface area contributed by atoms with Crippen LogP contribution in [0.25, 0.3) is 41.7 Å². The first-order valence-corrected chi connectivity index (χ1v) is 13.9. The number of rotatable bonds is 10. The fraction of sp³-hybridized carbons (Fsp3) is 0.375. The van der Waals surface area contributed by atoms with Crippen LogP contribution < -0.4 is 0 Å². The quantitative estimate of drug-likeness (QED) is 0.185. The molecule has 0 N–H and O–H groups in total. The smallest absolute Gasteiger partial charge is 0.0364 e. The molecule has 0 bridgehead atoms. The number of hydrogen-bond donors (Lipinski definition) is 0. The predicted molar refractivity (Wildman–Crippen MR) is 150 cm³/mol. The van der Waals surface area contributed by atoms with E-state index in [1.807, 2.05) is 11.3 Å². The van der Waals surface area contributed by atoms with Gasteiger partial charge in [-0.3, -0.25) is 0 Å². The van der Waals surface area contributed by atoms with E-state index in [1.165, 1.54) is 117 Å². The van der Waals surface area contributed by atoms with Crippen LogP contribution in [0.1, 0.15) is 76.3 Å². The molecule has 0 aliphatic heterocycles. The molecule has 33 heavy (non-hydrogen) atoms. The first-order valence-electron chi connectivity index (χ1n) is 13.1. The van der Waals surface area contributed by atoms with Crippen molar-refractivity contribution in [2.45, 2.75) is 78.1 Å². The van der Waals surface area contributed by atoms with Crippen LogP contribution in [0.4, 0.5) is 0 Å². The third kappa shape index (κ3) is 4.41. The summed E-state index contributed by atoms with van der Waals surface area (Å²) < 4.78 is 2.92. The second-order valence-corrected chi connectivity index (χ2v) is 10.7. The van der Waals surface area contributed by atoms with Gasteiger partial charge in [-0.05, 0) is 70.5 Å². The summed E-state index contributed by atoms with van der Waals surface area (Å²) in [5, 5.41) is 8.72. The average molecular weight is 453 g/mol. The highest BCUT2D eigenvalue weighted by molar-refractivity contribution is 7.26. The van der Waals surface area contributed by atoms with Gasteiger partial charge in [0.2, 0.25) is 0 Å². The van der Waals surface area contributed by atoms with Gasteiger partial charge < -0.3 is 0 Å². The molecule has 0 nitrogen and oxygen atoms in total. The Morgan fingerprint density at radius 3 is 1.36 bits per heavy atom. The molecule has 1 heterocycles. The molecule has 0 aliphatic rings. The Balaban J connectivity index is 1.69. The van der Waals surface area contributed by atoms with Gasteiger partial charge in [0, 0.05) is 20.2 Å². The van der Waals surface area contributed by atoms with Crippen LogP contribution in [0.5, 0.6) is 0 Å². The Kier molecular flexibility index (Phi) is 6.97. The van der Waals surface area contributed by atoms with Gasteiger partial charge in [-0.2, -0.15) is 0 Å². The summed E-state index contributed by atoms with van der Waals surface area (Å²) in [6.07, 6.45) is 12.9. The van der Waals surface area contributed by atoms with Gasteiger partial charge in [-0.25, -0.2) is 0 Å². The molecule has 0 amide bonds. The molecule has 5 rings (SSSR count). The third-order valence-electron chi connectivity index (χ3n) is 7.26. The van der Waals surface area contributed by atoms with Crippen molar-refractivity contribution in [2.75, 3.05) is 0 Å². The third-order valence-corrected chi connectivity index (χ3v) is 8.34. The Bertz CT molecular complexity index is 1280. The van der Waals surface area contributed by atoms with E-state index in [0.29, 0.717) is 0 Å². The van der Waals surface area contributed by atoms with E-state index < -0.39 is 0 Å². The first kappa shape index (κ1) is 22.4. The number of benzene rings is 4. The molecule has 0 spiro atoms. The molecule has 0 saturated heterocycles. The van der Waals surface area contributed by atoms with Crippen LogP contribution in [0.3, 0.4) is 0 Å². The highest BCUT2D eigenvalue weighted by Crippen LogP contribution is 2.44. The van der Waals surface area contributed by atoms with E-state index in [1.54, 1.807) is 0 Å². The maximum atomic E-state index is 2.52. The predicted octanol–water partition coefficient (Wildman–Crippen LogP) is 10.6. The number of aryl methyl sites for hydroxylation is 2. The molecule has 0 fully saturated rings. The lowest BCUT2D eigenvalue weighted by molar-refractivity contribution is 0.668. The minimum absolute atomic E-state index is 1.19. The van der Waals surface area contributed by atoms with Crippen LogP contribution in [-0.4, -0.2) is 0 Å². The van der Waals surface area contributed by atoms with Gasteiger partial charge in [0.15, 0.2) is 0 Å². The lowest BCUT2D eigenvalue weighted by Crippen LogP contribution is -1.90. The molecule has 5 aromatic rings. The molecule has 1 heteroatoms. The molecule has 170 valence electrons. The van der Waals surface area contributed by atoms with Gasteiger partial charge in [0.05, 0.1) is 0 Å². The molecular formula is C32H36S. The van der Waals surface area contributed by atoms with Crippen molar-refractivity contribution in [1.82, 2.24) is 0 Å². The van der Waals surface area contributed by atoms with Gasteiger partial charge in [-0.15, -0.1) is 11.3 Å². The highest BCUT2D eigenvalue weighted by atomic mass is 32.1. The Hall–Kier alpha value is -2.38. The van der Waals surface area contributed by atoms with Crippen molar-refractivity contribution >= 4 is 53.1 Å². The molecular weight excluding hydrogens is 416 g/mol. The SMILES string of the molecule is CCCCCCc1cc2sc3cc(CCCCCC)c4ccccc4c3c2c2ccccc12. The Morgan fingerprint density at radius 2 is 0.939 bits per heavy atom.